The number of hydrogen-bond acceptors (Lipinski definition) is 3. The molecule has 0 bridgehead atoms. The highest BCUT2D eigenvalue weighted by Crippen LogP contribution is 2.01. The van der Waals surface area contributed by atoms with Crippen molar-refractivity contribution in [3.63, 3.8) is 0 Å². The predicted octanol–water partition coefficient (Wildman–Crippen LogP) is 1.63. The van der Waals surface area contributed by atoms with Gasteiger partial charge in [-0.1, -0.05) is 6.92 Å². The zero-order valence-corrected chi connectivity index (χ0v) is 7.20. The molecule has 0 spiro atoms. The topological polar surface area (TPSA) is 49.8 Å². The van der Waals surface area contributed by atoms with Crippen molar-refractivity contribution in [3.8, 4) is 0 Å². The van der Waals surface area contributed by atoms with Gasteiger partial charge >= 0.3 is 6.09 Å². The number of carbonyl (C=O) groups excluding carboxylic acids is 1. The van der Waals surface area contributed by atoms with E-state index >= 15 is 0 Å². The predicted molar refractivity (Wildman–Crippen MR) is 40.4 cm³/mol. The van der Waals surface area contributed by atoms with Gasteiger partial charge in [0.1, 0.15) is 0 Å². The Morgan fingerprint density at radius 2 is 2.18 bits per heavy atom. The van der Waals surface area contributed by atoms with Gasteiger partial charge in [0.2, 0.25) is 0 Å². The minimum atomic E-state index is -0.679. The van der Waals surface area contributed by atoms with Gasteiger partial charge in [-0.2, -0.15) is 5.06 Å². The van der Waals surface area contributed by atoms with E-state index in [1.807, 2.05) is 6.92 Å². The van der Waals surface area contributed by atoms with Crippen LogP contribution in [0.4, 0.5) is 4.79 Å². The highest BCUT2D eigenvalue weighted by molar-refractivity contribution is 5.66. The van der Waals surface area contributed by atoms with Crippen LogP contribution in [0.1, 0.15) is 27.2 Å². The zero-order chi connectivity index (χ0) is 8.85. The second kappa shape index (κ2) is 4.96. The van der Waals surface area contributed by atoms with Gasteiger partial charge in [0.15, 0.2) is 0 Å². The van der Waals surface area contributed by atoms with Crippen LogP contribution in [0, 0.1) is 0 Å². The maximum atomic E-state index is 10.8. The maximum Gasteiger partial charge on any atom is 0.433 e. The van der Waals surface area contributed by atoms with Crippen molar-refractivity contribution in [2.45, 2.75) is 33.2 Å². The number of hydrogen-bond donors (Lipinski definition) is 1. The molecule has 0 aromatic rings. The van der Waals surface area contributed by atoms with Crippen molar-refractivity contribution in [1.82, 2.24) is 5.06 Å². The number of rotatable bonds is 3. The van der Waals surface area contributed by atoms with E-state index in [0.29, 0.717) is 11.5 Å². The highest BCUT2D eigenvalue weighted by atomic mass is 16.6. The van der Waals surface area contributed by atoms with E-state index in [2.05, 4.69) is 4.74 Å². The molecular formula is C7H15NO3. The third kappa shape index (κ3) is 3.23. The summed E-state index contributed by atoms with van der Waals surface area (Å²) in [6.07, 6.45) is 0.0248. The molecule has 1 atom stereocenters. The lowest BCUT2D eigenvalue weighted by Gasteiger charge is -2.19. The first kappa shape index (κ1) is 10.2. The molecule has 0 aliphatic heterocycles. The van der Waals surface area contributed by atoms with Gasteiger partial charge in [0, 0.05) is 0 Å². The van der Waals surface area contributed by atoms with Crippen LogP contribution in [0.3, 0.4) is 0 Å². The quantitative estimate of drug-likeness (QED) is 0.505. The summed E-state index contributed by atoms with van der Waals surface area (Å²) in [5, 5.41) is 9.69. The molecule has 1 unspecified atom stereocenters. The molecule has 0 aromatic carbocycles. The summed E-state index contributed by atoms with van der Waals surface area (Å²) in [5.41, 5.74) is 0. The summed E-state index contributed by atoms with van der Waals surface area (Å²) >= 11 is 0. The molecule has 0 saturated heterocycles. The van der Waals surface area contributed by atoms with Crippen LogP contribution >= 0.6 is 0 Å². The Kier molecular flexibility index (Phi) is 4.61. The Bertz CT molecular complexity index is 127. The maximum absolute atomic E-state index is 10.8. The van der Waals surface area contributed by atoms with Crippen LogP contribution in [-0.4, -0.2) is 29.0 Å². The summed E-state index contributed by atoms with van der Waals surface area (Å²) in [6.45, 7) is 5.61. The second-order valence-corrected chi connectivity index (χ2v) is 2.30. The van der Waals surface area contributed by atoms with Gasteiger partial charge in [-0.25, -0.2) is 4.79 Å². The van der Waals surface area contributed by atoms with E-state index in [9.17, 15) is 4.79 Å². The first-order valence-corrected chi connectivity index (χ1v) is 3.78. The second-order valence-electron chi connectivity index (χ2n) is 2.30. The molecular weight excluding hydrogens is 146 g/mol. The van der Waals surface area contributed by atoms with Gasteiger partial charge in [0.05, 0.1) is 12.6 Å². The molecule has 0 radical (unpaired) electrons. The smallest absolute Gasteiger partial charge is 0.433 e. The summed E-state index contributed by atoms with van der Waals surface area (Å²) in [6, 6.07) is -0.186. The number of nitrogens with zero attached hydrogens (tertiary/aromatic N) is 1. The molecule has 0 rings (SSSR count). The van der Waals surface area contributed by atoms with Crippen LogP contribution in [0.5, 0.6) is 0 Å². The molecule has 0 fully saturated rings. The molecule has 0 aliphatic rings. The average Bonchev–Trinajstić information content (AvgIpc) is 2.02. The van der Waals surface area contributed by atoms with E-state index in [-0.39, 0.29) is 12.6 Å². The SMILES string of the molecule is CCOC(=O)N(O)C(C)CC. The fraction of sp³-hybridized carbons (Fsp3) is 0.857. The van der Waals surface area contributed by atoms with Crippen LogP contribution < -0.4 is 0 Å². The summed E-state index contributed by atoms with van der Waals surface area (Å²) in [5.74, 6) is 0. The largest absolute Gasteiger partial charge is 0.448 e. The van der Waals surface area contributed by atoms with Crippen LogP contribution in [0.15, 0.2) is 0 Å². The fourth-order valence-corrected chi connectivity index (χ4v) is 0.542. The third-order valence-electron chi connectivity index (χ3n) is 1.46. The van der Waals surface area contributed by atoms with Gasteiger partial charge in [-0.3, -0.25) is 5.21 Å². The number of ether oxygens (including phenoxy) is 1. The van der Waals surface area contributed by atoms with Crippen molar-refractivity contribution < 1.29 is 14.7 Å². The average molecular weight is 161 g/mol. The molecule has 4 heteroatoms. The van der Waals surface area contributed by atoms with Crippen molar-refractivity contribution in [2.24, 2.45) is 0 Å². The van der Waals surface area contributed by atoms with E-state index in [1.165, 1.54) is 0 Å². The van der Waals surface area contributed by atoms with E-state index in [1.54, 1.807) is 13.8 Å². The molecule has 0 saturated carbocycles. The van der Waals surface area contributed by atoms with Crippen molar-refractivity contribution in [1.29, 1.82) is 0 Å². The van der Waals surface area contributed by atoms with Crippen LogP contribution in [0.25, 0.3) is 0 Å². The first-order chi connectivity index (χ1) is 5.13. The van der Waals surface area contributed by atoms with E-state index in [0.717, 1.165) is 0 Å². The Morgan fingerprint density at radius 1 is 1.64 bits per heavy atom. The van der Waals surface area contributed by atoms with E-state index in [4.69, 9.17) is 5.21 Å². The highest BCUT2D eigenvalue weighted by Gasteiger charge is 2.16. The minimum absolute atomic E-state index is 0.186. The Morgan fingerprint density at radius 3 is 2.55 bits per heavy atom. The van der Waals surface area contributed by atoms with Crippen LogP contribution in [0.2, 0.25) is 0 Å². The van der Waals surface area contributed by atoms with Crippen molar-refractivity contribution in [3.05, 3.63) is 0 Å². The van der Waals surface area contributed by atoms with Crippen molar-refractivity contribution in [2.75, 3.05) is 6.61 Å². The molecule has 1 N–H and O–H groups in total. The van der Waals surface area contributed by atoms with Gasteiger partial charge in [0.25, 0.3) is 0 Å². The van der Waals surface area contributed by atoms with E-state index < -0.39 is 6.09 Å². The number of amides is 1. The lowest BCUT2D eigenvalue weighted by molar-refractivity contribution is -0.0997. The summed E-state index contributed by atoms with van der Waals surface area (Å²) in [4.78, 5) is 10.8. The molecule has 0 heterocycles. The molecule has 1 amide bonds. The van der Waals surface area contributed by atoms with Gasteiger partial charge in [-0.05, 0) is 20.3 Å². The minimum Gasteiger partial charge on any atom is -0.448 e. The van der Waals surface area contributed by atoms with Gasteiger partial charge in [-0.15, -0.1) is 0 Å². The molecule has 0 aliphatic carbocycles. The van der Waals surface area contributed by atoms with Gasteiger partial charge < -0.3 is 4.74 Å². The summed E-state index contributed by atoms with van der Waals surface area (Å²) in [7, 11) is 0. The normalized spacial score (nSPS) is 12.4. The molecule has 11 heavy (non-hydrogen) atoms. The summed E-state index contributed by atoms with van der Waals surface area (Å²) < 4.78 is 4.56. The van der Waals surface area contributed by atoms with Crippen molar-refractivity contribution >= 4 is 6.09 Å². The Labute approximate surface area is 66.7 Å². The molecule has 66 valence electrons. The monoisotopic (exact) mass is 161 g/mol. The molecule has 0 aromatic heterocycles. The lowest BCUT2D eigenvalue weighted by atomic mass is 10.3. The number of hydroxylamine groups is 2. The standard InChI is InChI=1S/C7H15NO3/c1-4-6(3)8(10)7(9)11-5-2/h6,10H,4-5H2,1-3H3. The zero-order valence-electron chi connectivity index (χ0n) is 7.20. The third-order valence-corrected chi connectivity index (χ3v) is 1.46. The Hall–Kier alpha value is -0.770. The van der Waals surface area contributed by atoms with Crippen LogP contribution in [-0.2, 0) is 4.74 Å². The lowest BCUT2D eigenvalue weighted by Crippen LogP contribution is -2.35. The fourth-order valence-electron chi connectivity index (χ4n) is 0.542. The first-order valence-electron chi connectivity index (χ1n) is 3.78. The number of carbonyl (C=O) groups is 1. The Balaban J connectivity index is 3.80. The molecule has 4 nitrogen and oxygen atoms in total.